The molecule has 5 rings (SSSR count). The Hall–Kier alpha value is -4.12. The molecule has 11 heteroatoms. The van der Waals surface area contributed by atoms with Crippen LogP contribution in [0.15, 0.2) is 60.8 Å². The molecule has 1 amide bonds. The molecule has 0 radical (unpaired) electrons. The Balaban J connectivity index is 1.48. The zero-order valence-electron chi connectivity index (χ0n) is 22.9. The molecule has 2 aromatic carbocycles. The van der Waals surface area contributed by atoms with Crippen LogP contribution in [0, 0.1) is 6.92 Å². The van der Waals surface area contributed by atoms with Gasteiger partial charge < -0.3 is 25.7 Å². The first-order valence-electron chi connectivity index (χ1n) is 13.6. The van der Waals surface area contributed by atoms with Crippen molar-refractivity contribution in [3.63, 3.8) is 0 Å². The summed E-state index contributed by atoms with van der Waals surface area (Å²) in [4.78, 5) is 21.8. The molecule has 1 fully saturated rings. The Morgan fingerprint density at radius 2 is 1.93 bits per heavy atom. The van der Waals surface area contributed by atoms with Crippen LogP contribution in [0.4, 0.5) is 18.9 Å². The Morgan fingerprint density at radius 1 is 1.20 bits per heavy atom. The summed E-state index contributed by atoms with van der Waals surface area (Å²) >= 11 is 0. The summed E-state index contributed by atoms with van der Waals surface area (Å²) in [6.45, 7) is 6.19. The Kier molecular flexibility index (Phi) is 8.16. The fourth-order valence-electron chi connectivity index (χ4n) is 5.38. The molecule has 4 aromatic rings. The summed E-state index contributed by atoms with van der Waals surface area (Å²) in [6.07, 6.45) is -1.89. The number of ether oxygens (including phenoxy) is 1. The summed E-state index contributed by atoms with van der Waals surface area (Å²) < 4.78 is 43.9. The molecule has 1 saturated heterocycles. The number of fused-ring (bicyclic) bond motifs is 1. The zero-order chi connectivity index (χ0) is 29.1. The number of amides is 1. The van der Waals surface area contributed by atoms with Gasteiger partial charge in [0.05, 0.1) is 6.54 Å². The molecule has 0 saturated carbocycles. The number of alkyl halides is 3. The number of rotatable bonds is 10. The van der Waals surface area contributed by atoms with Crippen molar-refractivity contribution in [3.05, 3.63) is 83.3 Å². The van der Waals surface area contributed by atoms with Crippen LogP contribution in [-0.2, 0) is 11.3 Å². The summed E-state index contributed by atoms with van der Waals surface area (Å²) in [6, 6.07) is 16.2. The van der Waals surface area contributed by atoms with Crippen LogP contribution in [0.1, 0.15) is 54.1 Å². The van der Waals surface area contributed by atoms with Crippen LogP contribution in [0.25, 0.3) is 11.2 Å². The molecule has 0 spiro atoms. The highest BCUT2D eigenvalue weighted by molar-refractivity contribution is 5.76. The molecule has 4 N–H and O–H groups in total. The number of nitrogens with one attached hydrogen (secondary N) is 2. The highest BCUT2D eigenvalue weighted by Gasteiger charge is 2.31. The van der Waals surface area contributed by atoms with Gasteiger partial charge in [-0.1, -0.05) is 31.2 Å². The monoisotopic (exact) mass is 566 g/mol. The van der Waals surface area contributed by atoms with Crippen LogP contribution < -0.4 is 21.1 Å². The van der Waals surface area contributed by atoms with Crippen LogP contribution in [0.2, 0.25) is 0 Å². The van der Waals surface area contributed by atoms with Crippen molar-refractivity contribution in [2.45, 2.75) is 57.5 Å². The third-order valence-corrected chi connectivity index (χ3v) is 7.47. The van der Waals surface area contributed by atoms with Crippen LogP contribution in [-0.4, -0.2) is 45.9 Å². The number of carbonyl (C=O) groups is 1. The average Bonchev–Trinajstić information content (AvgIpc) is 3.55. The van der Waals surface area contributed by atoms with Gasteiger partial charge in [-0.25, -0.2) is 9.97 Å². The van der Waals surface area contributed by atoms with Gasteiger partial charge in [0.1, 0.15) is 17.1 Å². The second-order valence-corrected chi connectivity index (χ2v) is 10.6. The van der Waals surface area contributed by atoms with Gasteiger partial charge in [0, 0.05) is 36.8 Å². The molecule has 8 nitrogen and oxygen atoms in total. The number of benzene rings is 2. The molecular weight excluding hydrogens is 533 g/mol. The van der Waals surface area contributed by atoms with Gasteiger partial charge in [-0.05, 0) is 72.8 Å². The number of halogens is 3. The molecule has 0 bridgehead atoms. The van der Waals surface area contributed by atoms with Crippen molar-refractivity contribution in [1.29, 1.82) is 0 Å². The number of nitrogens with two attached hydrogens (primary N) is 1. The maximum absolute atomic E-state index is 12.6. The minimum absolute atomic E-state index is 0.0651. The van der Waals surface area contributed by atoms with Crippen molar-refractivity contribution < 1.29 is 22.7 Å². The van der Waals surface area contributed by atoms with E-state index in [1.807, 2.05) is 36.6 Å². The largest absolute Gasteiger partial charge is 0.573 e. The number of imidazole rings is 1. The number of carbonyl (C=O) groups excluding carboxylic acids is 1. The number of hydrogen-bond acceptors (Lipinski definition) is 6. The van der Waals surface area contributed by atoms with E-state index in [1.54, 1.807) is 18.3 Å². The average molecular weight is 567 g/mol. The third-order valence-electron chi connectivity index (χ3n) is 7.47. The van der Waals surface area contributed by atoms with E-state index in [9.17, 15) is 18.0 Å². The quantitative estimate of drug-likeness (QED) is 0.243. The molecule has 1 aliphatic heterocycles. The predicted molar refractivity (Wildman–Crippen MR) is 151 cm³/mol. The predicted octanol–water partition coefficient (Wildman–Crippen LogP) is 5.22. The van der Waals surface area contributed by atoms with E-state index < -0.39 is 12.3 Å². The molecule has 0 aliphatic carbocycles. The standard InChI is InChI=1S/C30H33F3N6O2/c1-18-13-26-29(36-15-18)39(17-20-3-9-24(10-4-20)41-30(31,32)33)28(38-26)25(14-27(34)40)19(2)21-5-7-22(8-6-21)37-23-11-12-35-16-23/h3-10,13,15,19,23,25,35,37H,11-12,14,16-17H2,1-2H3,(H2,34,40)/t19-,23+,25?/m1/s1. The van der Waals surface area contributed by atoms with E-state index in [1.165, 1.54) is 12.1 Å². The van der Waals surface area contributed by atoms with Gasteiger partial charge >= 0.3 is 6.36 Å². The summed E-state index contributed by atoms with van der Waals surface area (Å²) in [5.74, 6) is -0.603. The van der Waals surface area contributed by atoms with Crippen molar-refractivity contribution in [3.8, 4) is 5.75 Å². The van der Waals surface area contributed by atoms with Crippen molar-refractivity contribution in [2.75, 3.05) is 18.4 Å². The number of primary amides is 1. The summed E-state index contributed by atoms with van der Waals surface area (Å²) in [5, 5.41) is 6.89. The Bertz CT molecular complexity index is 1500. The van der Waals surface area contributed by atoms with Crippen molar-refractivity contribution in [1.82, 2.24) is 19.9 Å². The lowest BCUT2D eigenvalue weighted by Gasteiger charge is -2.24. The Labute approximate surface area is 236 Å². The fraction of sp³-hybridized carbons (Fsp3) is 0.367. The lowest BCUT2D eigenvalue weighted by Crippen LogP contribution is -2.23. The lowest BCUT2D eigenvalue weighted by molar-refractivity contribution is -0.274. The Morgan fingerprint density at radius 3 is 2.56 bits per heavy atom. The molecule has 41 heavy (non-hydrogen) atoms. The van der Waals surface area contributed by atoms with Gasteiger partial charge in [0.15, 0.2) is 5.65 Å². The van der Waals surface area contributed by atoms with Gasteiger partial charge in [-0.3, -0.25) is 4.79 Å². The molecule has 1 unspecified atom stereocenters. The van der Waals surface area contributed by atoms with E-state index >= 15 is 0 Å². The molecule has 216 valence electrons. The van der Waals surface area contributed by atoms with Gasteiger partial charge in [0.2, 0.25) is 5.91 Å². The first kappa shape index (κ1) is 28.4. The molecule has 3 atom stereocenters. The second-order valence-electron chi connectivity index (χ2n) is 10.6. The number of aryl methyl sites for hydroxylation is 1. The summed E-state index contributed by atoms with van der Waals surface area (Å²) in [5.41, 5.74) is 10.7. The molecule has 3 heterocycles. The van der Waals surface area contributed by atoms with Crippen molar-refractivity contribution >= 4 is 22.8 Å². The number of pyridine rings is 1. The number of aromatic nitrogens is 3. The molecule has 2 aromatic heterocycles. The van der Waals surface area contributed by atoms with Gasteiger partial charge in [0.25, 0.3) is 0 Å². The maximum atomic E-state index is 12.6. The van der Waals surface area contributed by atoms with E-state index in [-0.39, 0.29) is 30.6 Å². The highest BCUT2D eigenvalue weighted by atomic mass is 19.4. The third kappa shape index (κ3) is 6.97. The van der Waals surface area contributed by atoms with Crippen LogP contribution in [0.3, 0.4) is 0 Å². The molecular formula is C30H33F3N6O2. The van der Waals surface area contributed by atoms with Crippen LogP contribution in [0.5, 0.6) is 5.75 Å². The smallest absolute Gasteiger partial charge is 0.406 e. The summed E-state index contributed by atoms with van der Waals surface area (Å²) in [7, 11) is 0. The minimum Gasteiger partial charge on any atom is -0.406 e. The fourth-order valence-corrected chi connectivity index (χ4v) is 5.38. The van der Waals surface area contributed by atoms with E-state index in [4.69, 9.17) is 10.7 Å². The van der Waals surface area contributed by atoms with E-state index in [0.717, 1.165) is 41.9 Å². The number of nitrogens with zero attached hydrogens (tertiary/aromatic N) is 3. The van der Waals surface area contributed by atoms with E-state index in [2.05, 4.69) is 32.5 Å². The van der Waals surface area contributed by atoms with E-state index in [0.29, 0.717) is 23.0 Å². The topological polar surface area (TPSA) is 107 Å². The highest BCUT2D eigenvalue weighted by Crippen LogP contribution is 2.37. The normalized spacial score (nSPS) is 17.0. The van der Waals surface area contributed by atoms with Gasteiger partial charge in [-0.15, -0.1) is 13.2 Å². The number of anilines is 1. The second kappa shape index (κ2) is 11.8. The van der Waals surface area contributed by atoms with Gasteiger partial charge in [-0.2, -0.15) is 0 Å². The minimum atomic E-state index is -4.77. The first-order chi connectivity index (χ1) is 19.6. The lowest BCUT2D eigenvalue weighted by atomic mass is 9.84. The molecule has 1 aliphatic rings. The SMILES string of the molecule is Cc1cnc2c(c1)nc(C(CC(N)=O)[C@H](C)c1ccc(N[C@H]3CCNC3)cc1)n2Cc1ccc(OC(F)(F)F)cc1. The zero-order valence-corrected chi connectivity index (χ0v) is 22.9. The van der Waals surface area contributed by atoms with Crippen LogP contribution >= 0.6 is 0 Å². The maximum Gasteiger partial charge on any atom is 0.573 e. The number of hydrogen-bond donors (Lipinski definition) is 3. The first-order valence-corrected chi connectivity index (χ1v) is 13.6. The van der Waals surface area contributed by atoms with Crippen molar-refractivity contribution in [2.24, 2.45) is 5.73 Å².